The minimum Gasteiger partial charge on any atom is -0.497 e. The molecule has 1 aromatic carbocycles. The average Bonchev–Trinajstić information content (AvgIpc) is 2.46. The first kappa shape index (κ1) is 12.1. The Kier molecular flexibility index (Phi) is 3.57. The molecule has 4 heteroatoms. The van der Waals surface area contributed by atoms with Gasteiger partial charge in [-0.15, -0.1) is 0 Å². The summed E-state index contributed by atoms with van der Waals surface area (Å²) in [5.74, 6) is 1.34. The molecule has 0 atom stereocenters. The molecule has 0 saturated heterocycles. The van der Waals surface area contributed by atoms with E-state index in [2.05, 4.69) is 4.98 Å². The highest BCUT2D eigenvalue weighted by Gasteiger charge is 2.08. The van der Waals surface area contributed by atoms with E-state index in [0.29, 0.717) is 17.2 Å². The van der Waals surface area contributed by atoms with Crippen molar-refractivity contribution in [2.24, 2.45) is 0 Å². The molecule has 0 bridgehead atoms. The number of aromatic nitrogens is 1. The van der Waals surface area contributed by atoms with Gasteiger partial charge in [-0.2, -0.15) is 0 Å². The fourth-order valence-corrected chi connectivity index (χ4v) is 1.72. The zero-order valence-electron chi connectivity index (χ0n) is 10.2. The Labute approximate surface area is 105 Å². The molecular formula is C14H13NO3. The summed E-state index contributed by atoms with van der Waals surface area (Å²) >= 11 is 0. The predicted molar refractivity (Wildman–Crippen MR) is 68.2 cm³/mol. The molecule has 1 aromatic heterocycles. The summed E-state index contributed by atoms with van der Waals surface area (Å²) in [6, 6.07) is 9.08. The van der Waals surface area contributed by atoms with Crippen molar-refractivity contribution >= 4 is 6.29 Å². The number of hydrogen-bond acceptors (Lipinski definition) is 4. The summed E-state index contributed by atoms with van der Waals surface area (Å²) < 4.78 is 10.4. The molecular weight excluding hydrogens is 230 g/mol. The molecule has 0 aliphatic rings. The number of pyridine rings is 1. The van der Waals surface area contributed by atoms with Crippen LogP contribution in [0.2, 0.25) is 0 Å². The highest BCUT2D eigenvalue weighted by molar-refractivity contribution is 5.85. The van der Waals surface area contributed by atoms with Crippen LogP contribution in [-0.4, -0.2) is 25.5 Å². The predicted octanol–water partition coefficient (Wildman–Crippen LogP) is 2.58. The second-order valence-corrected chi connectivity index (χ2v) is 3.66. The maximum absolute atomic E-state index is 11.0. The second-order valence-electron chi connectivity index (χ2n) is 3.66. The van der Waals surface area contributed by atoms with Gasteiger partial charge in [0.1, 0.15) is 17.2 Å². The lowest BCUT2D eigenvalue weighted by atomic mass is 10.0. The highest BCUT2D eigenvalue weighted by atomic mass is 16.5. The molecule has 0 spiro atoms. The van der Waals surface area contributed by atoms with Crippen LogP contribution in [-0.2, 0) is 0 Å². The van der Waals surface area contributed by atoms with E-state index in [9.17, 15) is 4.79 Å². The van der Waals surface area contributed by atoms with Crippen LogP contribution in [0.4, 0.5) is 0 Å². The Balaban J connectivity index is 2.59. The van der Waals surface area contributed by atoms with Gasteiger partial charge in [0.25, 0.3) is 0 Å². The molecule has 0 aliphatic carbocycles. The van der Waals surface area contributed by atoms with Gasteiger partial charge in [-0.3, -0.25) is 9.78 Å². The molecule has 1 heterocycles. The van der Waals surface area contributed by atoms with Crippen molar-refractivity contribution in [2.45, 2.75) is 0 Å². The largest absolute Gasteiger partial charge is 0.497 e. The minimum absolute atomic E-state index is 0.396. The molecule has 4 nitrogen and oxygen atoms in total. The van der Waals surface area contributed by atoms with Gasteiger partial charge in [0, 0.05) is 17.8 Å². The normalized spacial score (nSPS) is 9.89. The summed E-state index contributed by atoms with van der Waals surface area (Å²) in [5, 5.41) is 0. The molecule has 2 rings (SSSR count). The van der Waals surface area contributed by atoms with Crippen LogP contribution < -0.4 is 9.47 Å². The third kappa shape index (κ3) is 2.32. The lowest BCUT2D eigenvalue weighted by molar-refractivity contribution is 0.111. The molecule has 0 unspecified atom stereocenters. The van der Waals surface area contributed by atoms with Crippen molar-refractivity contribution in [3.8, 4) is 22.6 Å². The number of rotatable bonds is 4. The maximum atomic E-state index is 11.0. The molecule has 2 aromatic rings. The van der Waals surface area contributed by atoms with Gasteiger partial charge in [0.05, 0.1) is 14.2 Å². The highest BCUT2D eigenvalue weighted by Crippen LogP contribution is 2.30. The monoisotopic (exact) mass is 243 g/mol. The molecule has 18 heavy (non-hydrogen) atoms. The van der Waals surface area contributed by atoms with Crippen molar-refractivity contribution in [1.82, 2.24) is 4.98 Å². The SMILES string of the molecule is COc1cc(OC)cc(-c2cccnc2C=O)c1. The van der Waals surface area contributed by atoms with Crippen LogP contribution in [0.15, 0.2) is 36.5 Å². The molecule has 0 amide bonds. The first-order valence-corrected chi connectivity index (χ1v) is 5.42. The van der Waals surface area contributed by atoms with Crippen LogP contribution in [0.25, 0.3) is 11.1 Å². The van der Waals surface area contributed by atoms with Crippen LogP contribution >= 0.6 is 0 Å². The van der Waals surface area contributed by atoms with E-state index in [4.69, 9.17) is 9.47 Å². The Morgan fingerprint density at radius 2 is 1.78 bits per heavy atom. The van der Waals surface area contributed by atoms with Gasteiger partial charge in [0.2, 0.25) is 0 Å². The van der Waals surface area contributed by atoms with Gasteiger partial charge >= 0.3 is 0 Å². The quantitative estimate of drug-likeness (QED) is 0.774. The molecule has 0 fully saturated rings. The van der Waals surface area contributed by atoms with E-state index in [1.165, 1.54) is 0 Å². The molecule has 0 N–H and O–H groups in total. The third-order valence-electron chi connectivity index (χ3n) is 2.61. The van der Waals surface area contributed by atoms with Gasteiger partial charge in [-0.05, 0) is 23.8 Å². The standard InChI is InChI=1S/C14H13NO3/c1-17-11-6-10(7-12(8-11)18-2)13-4-3-5-15-14(13)9-16/h3-9H,1-2H3. The van der Waals surface area contributed by atoms with E-state index in [1.54, 1.807) is 32.5 Å². The Hall–Kier alpha value is -2.36. The molecule has 0 aliphatic heterocycles. The second kappa shape index (κ2) is 5.31. The summed E-state index contributed by atoms with van der Waals surface area (Å²) in [5.41, 5.74) is 1.99. The first-order valence-electron chi connectivity index (χ1n) is 5.42. The van der Waals surface area contributed by atoms with E-state index < -0.39 is 0 Å². The van der Waals surface area contributed by atoms with E-state index in [-0.39, 0.29) is 0 Å². The summed E-state index contributed by atoms with van der Waals surface area (Å²) in [6.45, 7) is 0. The van der Waals surface area contributed by atoms with E-state index in [0.717, 1.165) is 17.4 Å². The van der Waals surface area contributed by atoms with Crippen LogP contribution in [0.5, 0.6) is 11.5 Å². The summed E-state index contributed by atoms with van der Waals surface area (Å²) in [7, 11) is 3.17. The smallest absolute Gasteiger partial charge is 0.169 e. The molecule has 0 radical (unpaired) electrons. The van der Waals surface area contributed by atoms with Crippen molar-refractivity contribution in [3.63, 3.8) is 0 Å². The van der Waals surface area contributed by atoms with Gasteiger partial charge in [-0.25, -0.2) is 0 Å². The van der Waals surface area contributed by atoms with Gasteiger partial charge < -0.3 is 9.47 Å². The number of carbonyl (C=O) groups excluding carboxylic acids is 1. The number of nitrogens with zero attached hydrogens (tertiary/aromatic N) is 1. The van der Waals surface area contributed by atoms with Crippen molar-refractivity contribution in [2.75, 3.05) is 14.2 Å². The number of benzene rings is 1. The summed E-state index contributed by atoms with van der Waals surface area (Å²) in [4.78, 5) is 15.0. The lowest BCUT2D eigenvalue weighted by Gasteiger charge is -2.09. The van der Waals surface area contributed by atoms with Crippen LogP contribution in [0.1, 0.15) is 10.5 Å². The Morgan fingerprint density at radius 1 is 1.11 bits per heavy atom. The van der Waals surface area contributed by atoms with Crippen molar-refractivity contribution < 1.29 is 14.3 Å². The fourth-order valence-electron chi connectivity index (χ4n) is 1.72. The summed E-state index contributed by atoms with van der Waals surface area (Å²) in [6.07, 6.45) is 2.33. The number of hydrogen-bond donors (Lipinski definition) is 0. The van der Waals surface area contributed by atoms with Crippen LogP contribution in [0, 0.1) is 0 Å². The van der Waals surface area contributed by atoms with Gasteiger partial charge in [0.15, 0.2) is 6.29 Å². The topological polar surface area (TPSA) is 48.4 Å². The minimum atomic E-state index is 0.396. The molecule has 92 valence electrons. The number of carbonyl (C=O) groups is 1. The number of aldehydes is 1. The van der Waals surface area contributed by atoms with Crippen molar-refractivity contribution in [1.29, 1.82) is 0 Å². The molecule has 0 saturated carbocycles. The average molecular weight is 243 g/mol. The zero-order chi connectivity index (χ0) is 13.0. The van der Waals surface area contributed by atoms with E-state index >= 15 is 0 Å². The lowest BCUT2D eigenvalue weighted by Crippen LogP contribution is -1.93. The third-order valence-corrected chi connectivity index (χ3v) is 2.61. The Bertz CT molecular complexity index is 544. The first-order chi connectivity index (χ1) is 8.78. The van der Waals surface area contributed by atoms with E-state index in [1.807, 2.05) is 18.2 Å². The van der Waals surface area contributed by atoms with Crippen LogP contribution in [0.3, 0.4) is 0 Å². The number of methoxy groups -OCH3 is 2. The van der Waals surface area contributed by atoms with Crippen molar-refractivity contribution in [3.05, 3.63) is 42.2 Å². The fraction of sp³-hybridized carbons (Fsp3) is 0.143. The Morgan fingerprint density at radius 3 is 2.33 bits per heavy atom. The maximum Gasteiger partial charge on any atom is 0.169 e. The zero-order valence-corrected chi connectivity index (χ0v) is 10.2. The van der Waals surface area contributed by atoms with Gasteiger partial charge in [-0.1, -0.05) is 6.07 Å². The number of ether oxygens (including phenoxy) is 2.